The Morgan fingerprint density at radius 3 is 2.16 bits per heavy atom. The second kappa shape index (κ2) is 16.2. The van der Waals surface area contributed by atoms with Gasteiger partial charge in [0.05, 0.1) is 16.2 Å². The van der Waals surface area contributed by atoms with Crippen molar-refractivity contribution in [3.8, 4) is 6.07 Å². The third-order valence-corrected chi connectivity index (χ3v) is 9.43. The Kier molecular flexibility index (Phi) is 11.4. The number of hydrogen-bond acceptors (Lipinski definition) is 7. The maximum absolute atomic E-state index is 13.5. The predicted octanol–water partition coefficient (Wildman–Crippen LogP) is 7.63. The first-order valence-corrected chi connectivity index (χ1v) is 16.9. The number of para-hydroxylation sites is 1. The van der Waals surface area contributed by atoms with Crippen LogP contribution in [0.3, 0.4) is 0 Å². The van der Waals surface area contributed by atoms with Gasteiger partial charge in [0.2, 0.25) is 5.91 Å². The fourth-order valence-corrected chi connectivity index (χ4v) is 6.51. The monoisotopic (exact) mass is 685 g/mol. The predicted molar refractivity (Wildman–Crippen MR) is 196 cm³/mol. The summed E-state index contributed by atoms with van der Waals surface area (Å²) in [7, 11) is 0. The fraction of sp³-hybridized carbons (Fsp3) is 0.0789. The molecule has 0 saturated carbocycles. The molecular weight excluding hydrogens is 655 g/mol. The lowest BCUT2D eigenvalue weighted by Crippen LogP contribution is -2.30. The highest BCUT2D eigenvalue weighted by atomic mass is 32.2. The second-order valence-corrected chi connectivity index (χ2v) is 12.8. The summed E-state index contributed by atoms with van der Waals surface area (Å²) in [5.74, 6) is -1.65. The lowest BCUT2D eigenvalue weighted by molar-refractivity contribution is -0.114. The lowest BCUT2D eigenvalue weighted by atomic mass is 10.1. The number of nitrogens with one attached hydrogen (secondary N) is 4. The van der Waals surface area contributed by atoms with Gasteiger partial charge in [-0.3, -0.25) is 19.2 Å². The highest BCUT2D eigenvalue weighted by molar-refractivity contribution is 8.00. The summed E-state index contributed by atoms with van der Waals surface area (Å²) in [4.78, 5) is 53.4. The van der Waals surface area contributed by atoms with E-state index >= 15 is 0 Å². The van der Waals surface area contributed by atoms with Crippen LogP contribution in [-0.4, -0.2) is 29.4 Å². The molecule has 4 amide bonds. The molecule has 0 radical (unpaired) electrons. The Morgan fingerprint density at radius 1 is 0.776 bits per heavy atom. The molecule has 4 N–H and O–H groups in total. The maximum Gasteiger partial charge on any atom is 0.272 e. The van der Waals surface area contributed by atoms with Crippen LogP contribution in [0.5, 0.6) is 0 Å². The molecule has 0 bridgehead atoms. The van der Waals surface area contributed by atoms with Gasteiger partial charge in [0.15, 0.2) is 0 Å². The number of amides is 4. The average molecular weight is 686 g/mol. The number of hydrogen-bond donors (Lipinski definition) is 4. The van der Waals surface area contributed by atoms with Gasteiger partial charge in [-0.15, -0.1) is 23.1 Å². The Hall–Kier alpha value is -5.96. The van der Waals surface area contributed by atoms with Crippen LogP contribution < -0.4 is 21.3 Å². The van der Waals surface area contributed by atoms with Crippen LogP contribution in [0.4, 0.5) is 16.4 Å². The normalized spacial score (nSPS) is 10.8. The minimum absolute atomic E-state index is 0.0102. The third-order valence-electron chi connectivity index (χ3n) is 7.23. The van der Waals surface area contributed by atoms with E-state index in [4.69, 9.17) is 0 Å². The van der Waals surface area contributed by atoms with Gasteiger partial charge < -0.3 is 21.3 Å². The van der Waals surface area contributed by atoms with Gasteiger partial charge in [0.25, 0.3) is 17.7 Å². The van der Waals surface area contributed by atoms with Gasteiger partial charge in [-0.25, -0.2) is 0 Å². The Labute approximate surface area is 292 Å². The number of carbonyl (C=O) groups excluding carboxylic acids is 4. The number of benzene rings is 4. The molecule has 9 nitrogen and oxygen atoms in total. The summed E-state index contributed by atoms with van der Waals surface area (Å²) in [5.41, 5.74) is 4.00. The number of carbonyl (C=O) groups is 4. The molecule has 0 unspecified atom stereocenters. The number of thioether (sulfide) groups is 1. The highest BCUT2D eigenvalue weighted by Crippen LogP contribution is 2.33. The second-order valence-electron chi connectivity index (χ2n) is 10.7. The topological polar surface area (TPSA) is 140 Å². The zero-order valence-corrected chi connectivity index (χ0v) is 28.2. The molecule has 0 saturated heterocycles. The van der Waals surface area contributed by atoms with E-state index in [1.54, 1.807) is 91.9 Å². The summed E-state index contributed by atoms with van der Waals surface area (Å²) >= 11 is 2.28. The van der Waals surface area contributed by atoms with Gasteiger partial charge in [-0.1, -0.05) is 66.7 Å². The summed E-state index contributed by atoms with van der Waals surface area (Å²) in [6.45, 7) is 3.59. The first-order valence-electron chi connectivity index (χ1n) is 15.1. The van der Waals surface area contributed by atoms with Crippen LogP contribution in [0.25, 0.3) is 6.08 Å². The number of nitriles is 1. The summed E-state index contributed by atoms with van der Waals surface area (Å²) in [6.07, 6.45) is 1.63. The number of thiophene rings is 1. The zero-order valence-electron chi connectivity index (χ0n) is 26.6. The van der Waals surface area contributed by atoms with Crippen molar-refractivity contribution in [2.24, 2.45) is 0 Å². The van der Waals surface area contributed by atoms with E-state index in [1.165, 1.54) is 11.8 Å². The molecule has 49 heavy (non-hydrogen) atoms. The molecule has 11 heteroatoms. The summed E-state index contributed by atoms with van der Waals surface area (Å²) in [5, 5.41) is 21.2. The summed E-state index contributed by atoms with van der Waals surface area (Å²) < 4.78 is 0. The molecular formula is C38H31N5O4S2. The Balaban J connectivity index is 1.25. The van der Waals surface area contributed by atoms with Crippen LogP contribution in [0.1, 0.15) is 42.3 Å². The molecule has 0 spiro atoms. The van der Waals surface area contributed by atoms with Crippen LogP contribution in [0.15, 0.2) is 120 Å². The number of aryl methyl sites for hydroxylation is 1. The van der Waals surface area contributed by atoms with E-state index in [0.717, 1.165) is 22.5 Å². The quantitative estimate of drug-likeness (QED) is 0.0833. The largest absolute Gasteiger partial charge is 0.321 e. The molecule has 0 aliphatic rings. The van der Waals surface area contributed by atoms with Crippen molar-refractivity contribution in [3.05, 3.63) is 148 Å². The SMILES string of the molecule is Cc1ccccc1/C=C(\NC(=O)c1ccccc1)C(=O)Nc1cccc(SCC(=O)Nc2sc(C(=O)Nc3ccccc3)c(C)c2C#N)c1. The van der Waals surface area contributed by atoms with Gasteiger partial charge in [-0.2, -0.15) is 5.26 Å². The van der Waals surface area contributed by atoms with Crippen molar-refractivity contribution < 1.29 is 19.2 Å². The van der Waals surface area contributed by atoms with Gasteiger partial charge in [-0.05, 0) is 79.1 Å². The van der Waals surface area contributed by atoms with Crippen molar-refractivity contribution in [1.29, 1.82) is 5.26 Å². The first kappa shape index (κ1) is 34.4. The Bertz CT molecular complexity index is 2090. The minimum Gasteiger partial charge on any atom is -0.321 e. The van der Waals surface area contributed by atoms with E-state index in [1.807, 2.05) is 37.3 Å². The van der Waals surface area contributed by atoms with Crippen molar-refractivity contribution in [2.45, 2.75) is 18.7 Å². The summed E-state index contributed by atoms with van der Waals surface area (Å²) in [6, 6.07) is 34.2. The highest BCUT2D eigenvalue weighted by Gasteiger charge is 2.22. The van der Waals surface area contributed by atoms with Gasteiger partial charge >= 0.3 is 0 Å². The number of anilines is 3. The zero-order chi connectivity index (χ0) is 34.8. The van der Waals surface area contributed by atoms with E-state index in [9.17, 15) is 24.4 Å². The minimum atomic E-state index is -0.517. The molecule has 0 aliphatic heterocycles. The molecule has 1 heterocycles. The maximum atomic E-state index is 13.5. The van der Waals surface area contributed by atoms with Crippen molar-refractivity contribution >= 4 is 69.2 Å². The fourth-order valence-electron chi connectivity index (χ4n) is 4.68. The van der Waals surface area contributed by atoms with Crippen LogP contribution in [0, 0.1) is 25.2 Å². The molecule has 5 aromatic rings. The van der Waals surface area contributed by atoms with Crippen LogP contribution >= 0.6 is 23.1 Å². The molecule has 244 valence electrons. The van der Waals surface area contributed by atoms with E-state index < -0.39 is 11.8 Å². The van der Waals surface area contributed by atoms with E-state index in [0.29, 0.717) is 37.3 Å². The molecule has 4 aromatic carbocycles. The van der Waals surface area contributed by atoms with E-state index in [-0.39, 0.29) is 28.8 Å². The molecule has 1 aromatic heterocycles. The van der Waals surface area contributed by atoms with E-state index in [2.05, 4.69) is 27.3 Å². The number of nitrogens with zero attached hydrogens (tertiary/aromatic N) is 1. The van der Waals surface area contributed by atoms with Crippen molar-refractivity contribution in [2.75, 3.05) is 21.7 Å². The number of rotatable bonds is 11. The average Bonchev–Trinajstić information content (AvgIpc) is 3.43. The van der Waals surface area contributed by atoms with Gasteiger partial charge in [0, 0.05) is 21.8 Å². The third kappa shape index (κ3) is 9.10. The smallest absolute Gasteiger partial charge is 0.272 e. The molecule has 0 atom stereocenters. The van der Waals surface area contributed by atoms with Crippen molar-refractivity contribution in [1.82, 2.24) is 5.32 Å². The van der Waals surface area contributed by atoms with Gasteiger partial charge in [0.1, 0.15) is 16.8 Å². The molecule has 5 rings (SSSR count). The molecule has 0 aliphatic carbocycles. The standard InChI is InChI=1S/C38H31N5O4S2/c1-24-12-9-10-15-27(24)20-32(42-35(45)26-13-5-3-6-14-26)36(46)41-29-18-11-19-30(21-29)48-23-33(44)43-38-31(22-39)25(2)34(49-38)37(47)40-28-16-7-4-8-17-28/h3-21H,23H2,1-2H3,(H,40,47)(H,41,46)(H,42,45)(H,43,44)/b32-20-. The molecule has 0 fully saturated rings. The van der Waals surface area contributed by atoms with Crippen LogP contribution in [0.2, 0.25) is 0 Å². The Morgan fingerprint density at radius 2 is 1.45 bits per heavy atom. The van der Waals surface area contributed by atoms with Crippen LogP contribution in [-0.2, 0) is 9.59 Å². The first-order chi connectivity index (χ1) is 23.7. The van der Waals surface area contributed by atoms with Crippen molar-refractivity contribution in [3.63, 3.8) is 0 Å². The lowest BCUT2D eigenvalue weighted by Gasteiger charge is -2.13.